The summed E-state index contributed by atoms with van der Waals surface area (Å²) in [6.45, 7) is 4.60. The standard InChI is InChI=1S/C9H19NO6S.Na.H/c1-9(2,3)16-8(12)10-7(6-11)4-5-17(13,14)15;;/h7,11H,4-6H2,1-3H3,(H,10,12)(H,13,14,15);;. The minimum absolute atomic E-state index is 0. The van der Waals surface area contributed by atoms with Gasteiger partial charge in [-0.2, -0.15) is 8.42 Å². The van der Waals surface area contributed by atoms with Gasteiger partial charge in [-0.15, -0.1) is 0 Å². The molecule has 104 valence electrons. The van der Waals surface area contributed by atoms with E-state index in [0.717, 1.165) is 0 Å². The third-order valence-electron chi connectivity index (χ3n) is 1.67. The number of carbonyl (C=O) groups is 1. The molecule has 9 heteroatoms. The SMILES string of the molecule is CC(C)(C)OC(=O)NC(CO)CCS(=O)(=O)O.[NaH]. The van der Waals surface area contributed by atoms with E-state index in [9.17, 15) is 13.2 Å². The van der Waals surface area contributed by atoms with E-state index in [4.69, 9.17) is 14.4 Å². The Labute approximate surface area is 129 Å². The Balaban J connectivity index is 0. The molecule has 1 atom stereocenters. The summed E-state index contributed by atoms with van der Waals surface area (Å²) in [6.07, 6.45) is -0.832. The molecular formula is C9H20NNaO6S. The topological polar surface area (TPSA) is 113 Å². The second-order valence-electron chi connectivity index (χ2n) is 4.60. The van der Waals surface area contributed by atoms with Crippen molar-refractivity contribution in [3.8, 4) is 0 Å². The number of amides is 1. The maximum absolute atomic E-state index is 11.3. The van der Waals surface area contributed by atoms with Crippen LogP contribution in [0.5, 0.6) is 0 Å². The average Bonchev–Trinajstić information content (AvgIpc) is 2.07. The first-order valence-electron chi connectivity index (χ1n) is 5.09. The average molecular weight is 293 g/mol. The summed E-state index contributed by atoms with van der Waals surface area (Å²) < 4.78 is 34.5. The monoisotopic (exact) mass is 293 g/mol. The second kappa shape index (κ2) is 8.34. The van der Waals surface area contributed by atoms with Gasteiger partial charge in [0, 0.05) is 0 Å². The maximum atomic E-state index is 11.3. The van der Waals surface area contributed by atoms with Crippen LogP contribution >= 0.6 is 0 Å². The molecule has 0 fully saturated rings. The third kappa shape index (κ3) is 12.6. The van der Waals surface area contributed by atoms with Crippen molar-refractivity contribution in [1.29, 1.82) is 0 Å². The summed E-state index contributed by atoms with van der Waals surface area (Å²) in [6, 6.07) is -0.772. The van der Waals surface area contributed by atoms with Crippen molar-refractivity contribution in [3.05, 3.63) is 0 Å². The van der Waals surface area contributed by atoms with Crippen molar-refractivity contribution in [3.63, 3.8) is 0 Å². The molecule has 0 rings (SSSR count). The van der Waals surface area contributed by atoms with Crippen molar-refractivity contribution >= 4 is 45.8 Å². The molecule has 0 bridgehead atoms. The fraction of sp³-hybridized carbons (Fsp3) is 0.889. The predicted octanol–water partition coefficient (Wildman–Crippen LogP) is -0.499. The van der Waals surface area contributed by atoms with E-state index in [1.807, 2.05) is 0 Å². The number of rotatable bonds is 5. The normalized spacial score (nSPS) is 13.4. The Bertz CT molecular complexity index is 351. The predicted molar refractivity (Wildman–Crippen MR) is 68.4 cm³/mol. The summed E-state index contributed by atoms with van der Waals surface area (Å²) in [5.41, 5.74) is -0.673. The van der Waals surface area contributed by atoms with Gasteiger partial charge in [0.25, 0.3) is 10.1 Å². The van der Waals surface area contributed by atoms with Gasteiger partial charge in [-0.3, -0.25) is 4.55 Å². The van der Waals surface area contributed by atoms with Crippen LogP contribution in [0.3, 0.4) is 0 Å². The van der Waals surface area contributed by atoms with Crippen LogP contribution in [0.15, 0.2) is 0 Å². The third-order valence-corrected chi connectivity index (χ3v) is 2.42. The quantitative estimate of drug-likeness (QED) is 0.465. The first kappa shape index (κ1) is 20.5. The van der Waals surface area contributed by atoms with Gasteiger partial charge >= 0.3 is 35.7 Å². The number of aliphatic hydroxyl groups excluding tert-OH is 1. The zero-order chi connectivity index (χ0) is 13.7. The van der Waals surface area contributed by atoms with Gasteiger partial charge in [0.15, 0.2) is 0 Å². The number of carbonyl (C=O) groups excluding carboxylic acids is 1. The van der Waals surface area contributed by atoms with Crippen LogP contribution in [0.4, 0.5) is 4.79 Å². The molecule has 0 saturated heterocycles. The Morgan fingerprint density at radius 1 is 1.39 bits per heavy atom. The number of hydrogen-bond acceptors (Lipinski definition) is 5. The van der Waals surface area contributed by atoms with Crippen LogP contribution in [0.25, 0.3) is 0 Å². The van der Waals surface area contributed by atoms with E-state index in [1.165, 1.54) is 0 Å². The molecule has 0 aromatic heterocycles. The van der Waals surface area contributed by atoms with Gasteiger partial charge in [0.1, 0.15) is 5.60 Å². The van der Waals surface area contributed by atoms with E-state index >= 15 is 0 Å². The van der Waals surface area contributed by atoms with Gasteiger partial charge in [0.2, 0.25) is 0 Å². The molecule has 0 saturated carbocycles. The zero-order valence-electron chi connectivity index (χ0n) is 10.1. The Kier molecular flexibility index (Phi) is 9.48. The van der Waals surface area contributed by atoms with Gasteiger partial charge in [-0.25, -0.2) is 4.79 Å². The molecular weight excluding hydrogens is 273 g/mol. The zero-order valence-corrected chi connectivity index (χ0v) is 11.0. The van der Waals surface area contributed by atoms with Crippen LogP contribution in [-0.4, -0.2) is 77.7 Å². The van der Waals surface area contributed by atoms with Gasteiger partial charge in [-0.05, 0) is 27.2 Å². The Morgan fingerprint density at radius 2 is 1.89 bits per heavy atom. The fourth-order valence-corrected chi connectivity index (χ4v) is 1.56. The van der Waals surface area contributed by atoms with Gasteiger partial charge < -0.3 is 15.2 Å². The summed E-state index contributed by atoms with van der Waals surface area (Å²) in [5, 5.41) is 11.2. The molecule has 0 heterocycles. The van der Waals surface area contributed by atoms with Gasteiger partial charge in [-0.1, -0.05) is 0 Å². The van der Waals surface area contributed by atoms with Crippen LogP contribution in [0.1, 0.15) is 27.2 Å². The fourth-order valence-electron chi connectivity index (χ4n) is 0.975. The molecule has 1 unspecified atom stereocenters. The molecule has 0 spiro atoms. The number of nitrogens with one attached hydrogen (secondary N) is 1. The number of hydrogen-bond donors (Lipinski definition) is 3. The van der Waals surface area contributed by atoms with E-state index in [2.05, 4.69) is 5.32 Å². The summed E-state index contributed by atoms with van der Waals surface area (Å²) in [4.78, 5) is 11.3. The molecule has 18 heavy (non-hydrogen) atoms. The minimum atomic E-state index is -4.10. The van der Waals surface area contributed by atoms with Crippen LogP contribution in [0, 0.1) is 0 Å². The number of alkyl carbamates (subject to hydrolysis) is 1. The summed E-state index contributed by atoms with van der Waals surface area (Å²) in [5.74, 6) is -0.534. The summed E-state index contributed by atoms with van der Waals surface area (Å²) >= 11 is 0. The molecule has 0 radical (unpaired) electrons. The van der Waals surface area contributed by atoms with Crippen molar-refractivity contribution in [2.24, 2.45) is 0 Å². The second-order valence-corrected chi connectivity index (χ2v) is 6.17. The summed E-state index contributed by atoms with van der Waals surface area (Å²) in [7, 11) is -4.10. The molecule has 3 N–H and O–H groups in total. The van der Waals surface area contributed by atoms with Crippen LogP contribution < -0.4 is 5.32 Å². The van der Waals surface area contributed by atoms with Crippen molar-refractivity contribution in [2.45, 2.75) is 38.8 Å². The number of aliphatic hydroxyl groups is 1. The molecule has 0 aliphatic rings. The first-order chi connectivity index (χ1) is 7.53. The Morgan fingerprint density at radius 3 is 2.22 bits per heavy atom. The van der Waals surface area contributed by atoms with Crippen LogP contribution in [0.2, 0.25) is 0 Å². The molecule has 0 aliphatic carbocycles. The van der Waals surface area contributed by atoms with E-state index in [0.29, 0.717) is 0 Å². The van der Waals surface area contributed by atoms with E-state index in [1.54, 1.807) is 20.8 Å². The van der Waals surface area contributed by atoms with Crippen molar-refractivity contribution < 1.29 is 27.6 Å². The Hall–Kier alpha value is 0.140. The molecule has 0 aromatic rings. The molecule has 7 nitrogen and oxygen atoms in total. The molecule has 0 aliphatic heterocycles. The molecule has 0 aromatic carbocycles. The van der Waals surface area contributed by atoms with E-state index < -0.39 is 40.2 Å². The van der Waals surface area contributed by atoms with E-state index in [-0.39, 0.29) is 36.0 Å². The van der Waals surface area contributed by atoms with Crippen molar-refractivity contribution in [1.82, 2.24) is 5.32 Å². The number of ether oxygens (including phenoxy) is 1. The van der Waals surface area contributed by atoms with Crippen molar-refractivity contribution in [2.75, 3.05) is 12.4 Å². The van der Waals surface area contributed by atoms with Gasteiger partial charge in [0.05, 0.1) is 18.4 Å². The molecule has 1 amide bonds. The first-order valence-corrected chi connectivity index (χ1v) is 6.70. The van der Waals surface area contributed by atoms with Crippen LogP contribution in [-0.2, 0) is 14.9 Å².